The Kier molecular flexibility index (Phi) is 2.98. The highest BCUT2D eigenvalue weighted by atomic mass is 35.5. The molecule has 5 nitrogen and oxygen atoms in total. The molecule has 0 saturated heterocycles. The van der Waals surface area contributed by atoms with E-state index in [9.17, 15) is 9.36 Å². The molecule has 0 aromatic rings. The van der Waals surface area contributed by atoms with Crippen LogP contribution in [0.2, 0.25) is 0 Å². The molecule has 8 heteroatoms. The van der Waals surface area contributed by atoms with Crippen molar-refractivity contribution in [2.45, 2.75) is 0 Å². The largest absolute Gasteiger partial charge is 0.447 e. The van der Waals surface area contributed by atoms with Crippen molar-refractivity contribution in [1.29, 1.82) is 0 Å². The third-order valence-corrected chi connectivity index (χ3v) is 2.25. The van der Waals surface area contributed by atoms with Crippen molar-refractivity contribution >= 4 is 37.4 Å². The van der Waals surface area contributed by atoms with Crippen LogP contribution in [0.3, 0.4) is 0 Å². The lowest BCUT2D eigenvalue weighted by atomic mass is 11.4. The summed E-state index contributed by atoms with van der Waals surface area (Å²) < 4.78 is 9.71. The first-order valence-corrected chi connectivity index (χ1v) is 3.95. The molecule has 0 aliphatic heterocycles. The summed E-state index contributed by atoms with van der Waals surface area (Å²) in [6.45, 7) is 0. The second-order valence-electron chi connectivity index (χ2n) is 1.06. The lowest BCUT2D eigenvalue weighted by Gasteiger charge is -2.09. The van der Waals surface area contributed by atoms with Gasteiger partial charge < -0.3 is 9.79 Å². The number of carbonyl (C=O) groups excluding carboxylic acids is 1. The first-order valence-electron chi connectivity index (χ1n) is 1.60. The van der Waals surface area contributed by atoms with E-state index in [0.717, 1.165) is 0 Å². The van der Waals surface area contributed by atoms with Crippen molar-refractivity contribution in [2.75, 3.05) is 0 Å². The second-order valence-corrected chi connectivity index (χ2v) is 3.44. The summed E-state index contributed by atoms with van der Waals surface area (Å²) >= 11 is 7.79. The van der Waals surface area contributed by atoms with E-state index in [0.29, 0.717) is 0 Å². The van der Waals surface area contributed by atoms with E-state index in [1.165, 1.54) is 0 Å². The van der Waals surface area contributed by atoms with Crippen molar-refractivity contribution in [2.24, 2.45) is 0 Å². The Hall–Kier alpha value is 0.260. The Morgan fingerprint density at radius 2 is 2.00 bits per heavy atom. The van der Waals surface area contributed by atoms with Crippen molar-refractivity contribution in [3.05, 3.63) is 0 Å². The predicted octanol–water partition coefficient (Wildman–Crippen LogP) is 0.585. The van der Waals surface area contributed by atoms with Gasteiger partial charge in [-0.2, -0.15) is 0 Å². The maximum absolute atomic E-state index is 9.99. The van der Waals surface area contributed by atoms with Gasteiger partial charge in [-0.1, -0.05) is 12.6 Å². The van der Waals surface area contributed by atoms with E-state index in [1.807, 2.05) is 0 Å². The molecule has 0 saturated carbocycles. The lowest BCUT2D eigenvalue weighted by molar-refractivity contribution is 0.249. The highest BCUT2D eigenvalue weighted by molar-refractivity contribution is 7.97. The van der Waals surface area contributed by atoms with Crippen LogP contribution in [0.15, 0.2) is 0 Å². The number of hydrogen-bond acceptors (Lipinski definition) is 2. The van der Waals surface area contributed by atoms with Gasteiger partial charge in [-0.3, -0.25) is 4.79 Å². The highest BCUT2D eigenvalue weighted by Crippen LogP contribution is 2.42. The number of hydrogen-bond donors (Lipinski definition) is 3. The smallest absolute Gasteiger partial charge is 0.307 e. The van der Waals surface area contributed by atoms with Gasteiger partial charge in [-0.05, 0) is 0 Å². The minimum atomic E-state index is -4.64. The molecule has 0 heterocycles. The Balaban J connectivity index is 4.23. The van der Waals surface area contributed by atoms with Gasteiger partial charge in [0.25, 0.3) is 0 Å². The molecular formula is CH3ClNO4PS. The summed E-state index contributed by atoms with van der Waals surface area (Å²) in [5, 5.41) is -1.19. The lowest BCUT2D eigenvalue weighted by Crippen LogP contribution is -2.10. The third kappa shape index (κ3) is 3.07. The van der Waals surface area contributed by atoms with Crippen LogP contribution in [0, 0.1) is 0 Å². The number of rotatable bonds is 1. The maximum Gasteiger partial charge on any atom is 0.447 e. The molecule has 0 rings (SSSR count). The van der Waals surface area contributed by atoms with E-state index in [-0.39, 0.29) is 4.19 Å². The van der Waals surface area contributed by atoms with Crippen molar-refractivity contribution < 1.29 is 19.1 Å². The van der Waals surface area contributed by atoms with Gasteiger partial charge in [0.1, 0.15) is 0 Å². The summed E-state index contributed by atoms with van der Waals surface area (Å²) in [5.74, 6) is 0. The zero-order valence-corrected chi connectivity index (χ0v) is 6.48. The Labute approximate surface area is 61.3 Å². The molecule has 0 radical (unpaired) electrons. The average molecular weight is 192 g/mol. The van der Waals surface area contributed by atoms with E-state index in [4.69, 9.17) is 21.6 Å². The summed E-state index contributed by atoms with van der Waals surface area (Å²) in [6, 6.07) is 0. The molecule has 9 heavy (non-hydrogen) atoms. The SMILES string of the molecule is O=C(S)N(Cl)P(=O)(O)O. The molecule has 2 N–H and O–H groups in total. The predicted molar refractivity (Wildman–Crippen MR) is 34.1 cm³/mol. The zero-order chi connectivity index (χ0) is 7.65. The molecule has 0 atom stereocenters. The standard InChI is InChI=1S/CH3ClNO4PS/c2-3(1(4)9)8(5,6)7/h(H,4,9)(H2,5,6,7). The van der Waals surface area contributed by atoms with Crippen LogP contribution in [-0.4, -0.2) is 19.2 Å². The van der Waals surface area contributed by atoms with Crippen LogP contribution in [-0.2, 0) is 4.57 Å². The van der Waals surface area contributed by atoms with Crippen LogP contribution in [0.25, 0.3) is 0 Å². The highest BCUT2D eigenvalue weighted by Gasteiger charge is 2.26. The number of amides is 1. The van der Waals surface area contributed by atoms with Crippen LogP contribution in [0.5, 0.6) is 0 Å². The Morgan fingerprint density at radius 1 is 1.67 bits per heavy atom. The number of halogens is 1. The van der Waals surface area contributed by atoms with Crippen LogP contribution < -0.4 is 0 Å². The van der Waals surface area contributed by atoms with Gasteiger partial charge in [0.15, 0.2) is 0 Å². The molecule has 54 valence electrons. The fourth-order valence-electron chi connectivity index (χ4n) is 0.111. The number of thiol groups is 1. The van der Waals surface area contributed by atoms with E-state index in [2.05, 4.69) is 12.6 Å². The normalized spacial score (nSPS) is 11.1. The molecule has 0 aromatic heterocycles. The molecular weight excluding hydrogens is 189 g/mol. The van der Waals surface area contributed by atoms with Crippen LogP contribution in [0.4, 0.5) is 4.79 Å². The summed E-state index contributed by atoms with van der Waals surface area (Å²) in [4.78, 5) is 26.1. The molecule has 0 fully saturated rings. The summed E-state index contributed by atoms with van der Waals surface area (Å²) in [6.07, 6.45) is 0. The van der Waals surface area contributed by atoms with Crippen LogP contribution in [0.1, 0.15) is 0 Å². The van der Waals surface area contributed by atoms with E-state index in [1.54, 1.807) is 0 Å². The molecule has 0 unspecified atom stereocenters. The zero-order valence-electron chi connectivity index (χ0n) is 3.93. The number of nitrogens with zero attached hydrogens (tertiary/aromatic N) is 1. The quantitative estimate of drug-likeness (QED) is 0.322. The molecule has 0 bridgehead atoms. The third-order valence-electron chi connectivity index (χ3n) is 0.387. The molecule has 0 aliphatic carbocycles. The first kappa shape index (κ1) is 9.26. The van der Waals surface area contributed by atoms with Gasteiger partial charge in [0.2, 0.25) is 0 Å². The fourth-order valence-corrected chi connectivity index (χ4v) is 0.684. The van der Waals surface area contributed by atoms with Crippen LogP contribution >= 0.6 is 32.2 Å². The fraction of sp³-hybridized carbons (Fsp3) is 0. The van der Waals surface area contributed by atoms with Gasteiger partial charge in [-0.25, -0.2) is 4.57 Å². The Bertz CT molecular complexity index is 166. The monoisotopic (exact) mass is 191 g/mol. The number of carbonyl (C=O) groups is 1. The maximum atomic E-state index is 9.99. The van der Waals surface area contributed by atoms with Crippen molar-refractivity contribution in [3.63, 3.8) is 0 Å². The van der Waals surface area contributed by atoms with Gasteiger partial charge in [-0.15, -0.1) is 4.19 Å². The van der Waals surface area contributed by atoms with Gasteiger partial charge in [0, 0.05) is 11.8 Å². The summed E-state index contributed by atoms with van der Waals surface area (Å²) in [5.41, 5.74) is 0. The summed E-state index contributed by atoms with van der Waals surface area (Å²) in [7, 11) is -4.64. The van der Waals surface area contributed by atoms with E-state index < -0.39 is 13.0 Å². The minimum absolute atomic E-state index is 0.282. The van der Waals surface area contributed by atoms with E-state index >= 15 is 0 Å². The van der Waals surface area contributed by atoms with Crippen molar-refractivity contribution in [3.8, 4) is 0 Å². The molecule has 0 aliphatic rings. The Morgan fingerprint density at radius 3 is 2.00 bits per heavy atom. The van der Waals surface area contributed by atoms with Gasteiger partial charge >= 0.3 is 13.0 Å². The minimum Gasteiger partial charge on any atom is -0.307 e. The topological polar surface area (TPSA) is 77.8 Å². The molecule has 0 aromatic carbocycles. The van der Waals surface area contributed by atoms with Gasteiger partial charge in [0.05, 0.1) is 0 Å². The molecule has 1 amide bonds. The molecule has 0 spiro atoms. The average Bonchev–Trinajstić information content (AvgIpc) is 1.62. The second kappa shape index (κ2) is 2.90. The van der Waals surface area contributed by atoms with Crippen molar-refractivity contribution in [1.82, 2.24) is 4.19 Å². The first-order chi connectivity index (χ1) is 3.85.